The van der Waals surface area contributed by atoms with Crippen LogP contribution in [0, 0.1) is 6.92 Å². The van der Waals surface area contributed by atoms with E-state index in [1.807, 2.05) is 60.3 Å². The van der Waals surface area contributed by atoms with Crippen molar-refractivity contribution in [3.05, 3.63) is 70.2 Å². The van der Waals surface area contributed by atoms with Gasteiger partial charge in [0, 0.05) is 24.5 Å². The second-order valence-electron chi connectivity index (χ2n) is 6.69. The fourth-order valence-corrected chi connectivity index (χ4v) is 3.50. The van der Waals surface area contributed by atoms with Gasteiger partial charge in [-0.25, -0.2) is 0 Å². The molecule has 0 aliphatic carbocycles. The van der Waals surface area contributed by atoms with E-state index < -0.39 is 11.9 Å². The van der Waals surface area contributed by atoms with Gasteiger partial charge in [0.2, 0.25) is 5.91 Å². The maximum atomic E-state index is 12.9. The maximum absolute atomic E-state index is 12.9. The number of carbonyl (C=O) groups is 1. The molecule has 9 heteroatoms. The zero-order valence-electron chi connectivity index (χ0n) is 15.9. The second kappa shape index (κ2) is 8.44. The Morgan fingerprint density at radius 1 is 1.24 bits per heavy atom. The number of aromatic nitrogens is 3. The molecule has 29 heavy (non-hydrogen) atoms. The molecule has 0 saturated heterocycles. The lowest BCUT2D eigenvalue weighted by Gasteiger charge is -2.16. The first-order valence-corrected chi connectivity index (χ1v) is 9.79. The zero-order valence-corrected chi connectivity index (χ0v) is 17.5. The summed E-state index contributed by atoms with van der Waals surface area (Å²) in [5.41, 5.74) is 1.26. The second-order valence-corrected chi connectivity index (χ2v) is 7.49. The summed E-state index contributed by atoms with van der Waals surface area (Å²) in [7, 11) is 0. The minimum atomic E-state index is -4.55. The van der Waals surface area contributed by atoms with Crippen molar-refractivity contribution in [2.45, 2.75) is 39.0 Å². The number of carbonyl (C=O) groups excluding carboxylic acids is 1. The number of amides is 1. The number of rotatable bonds is 6. The highest BCUT2D eigenvalue weighted by Crippen LogP contribution is 2.35. The van der Waals surface area contributed by atoms with Crippen LogP contribution in [0.5, 0.6) is 0 Å². The number of hydrogen-bond acceptors (Lipinski definition) is 2. The first-order valence-electron chi connectivity index (χ1n) is 8.99. The van der Waals surface area contributed by atoms with Gasteiger partial charge in [0.05, 0.1) is 22.8 Å². The lowest BCUT2D eigenvalue weighted by molar-refractivity contribution is -0.142. The summed E-state index contributed by atoms with van der Waals surface area (Å²) in [6.45, 7) is 3.45. The average molecular weight is 469 g/mol. The van der Waals surface area contributed by atoms with Gasteiger partial charge in [-0.3, -0.25) is 9.48 Å². The van der Waals surface area contributed by atoms with Crippen LogP contribution in [-0.2, 0) is 17.5 Å². The van der Waals surface area contributed by atoms with Gasteiger partial charge in [-0.1, -0.05) is 12.1 Å². The molecule has 0 aliphatic heterocycles. The topological polar surface area (TPSA) is 51.9 Å². The molecule has 0 aliphatic rings. The summed E-state index contributed by atoms with van der Waals surface area (Å²) in [6, 6.07) is 11.4. The molecular formula is C20H20BrF3N4O. The number of nitrogens with zero attached hydrogens (tertiary/aromatic N) is 3. The van der Waals surface area contributed by atoms with Crippen LogP contribution in [0.25, 0.3) is 5.69 Å². The maximum Gasteiger partial charge on any atom is 0.436 e. The van der Waals surface area contributed by atoms with Gasteiger partial charge in [0.25, 0.3) is 0 Å². The van der Waals surface area contributed by atoms with E-state index in [-0.39, 0.29) is 29.4 Å². The largest absolute Gasteiger partial charge is 0.436 e. The molecule has 1 N–H and O–H groups in total. The SMILES string of the molecule is Cc1c(Br)c(C(F)(F)F)nn1CCC(=O)NC(C)c1cccc(-n2cccc2)c1. The fraction of sp³-hybridized carbons (Fsp3) is 0.300. The molecule has 0 fully saturated rings. The third-order valence-corrected chi connectivity index (χ3v) is 5.55. The highest BCUT2D eigenvalue weighted by Gasteiger charge is 2.37. The summed E-state index contributed by atoms with van der Waals surface area (Å²) in [5, 5.41) is 6.48. The molecule has 154 valence electrons. The van der Waals surface area contributed by atoms with Crippen molar-refractivity contribution >= 4 is 21.8 Å². The van der Waals surface area contributed by atoms with Crippen LogP contribution in [0.4, 0.5) is 13.2 Å². The standard InChI is InChI=1S/C20H20BrF3N4O/c1-13(15-6-5-7-16(12-15)27-9-3-4-10-27)25-17(29)8-11-28-14(2)18(21)19(26-28)20(22,23)24/h3-7,9-10,12-13H,8,11H2,1-2H3,(H,25,29). The van der Waals surface area contributed by atoms with Gasteiger partial charge >= 0.3 is 6.18 Å². The number of nitrogens with one attached hydrogen (secondary N) is 1. The highest BCUT2D eigenvalue weighted by molar-refractivity contribution is 9.10. The van der Waals surface area contributed by atoms with E-state index in [4.69, 9.17) is 0 Å². The highest BCUT2D eigenvalue weighted by atomic mass is 79.9. The van der Waals surface area contributed by atoms with Gasteiger partial charge in [0.1, 0.15) is 0 Å². The lowest BCUT2D eigenvalue weighted by atomic mass is 10.1. The van der Waals surface area contributed by atoms with Crippen LogP contribution in [0.15, 0.2) is 53.3 Å². The van der Waals surface area contributed by atoms with Crippen molar-refractivity contribution in [3.63, 3.8) is 0 Å². The average Bonchev–Trinajstić information content (AvgIpc) is 3.30. The van der Waals surface area contributed by atoms with Crippen LogP contribution in [-0.4, -0.2) is 20.3 Å². The Morgan fingerprint density at radius 2 is 1.93 bits per heavy atom. The van der Waals surface area contributed by atoms with Crippen LogP contribution < -0.4 is 5.32 Å². The normalized spacial score (nSPS) is 12.8. The quantitative estimate of drug-likeness (QED) is 0.551. The molecule has 3 rings (SSSR count). The third kappa shape index (κ3) is 4.90. The Morgan fingerprint density at radius 3 is 2.55 bits per heavy atom. The van der Waals surface area contributed by atoms with Gasteiger partial charge in [-0.15, -0.1) is 0 Å². The molecule has 1 amide bonds. The van der Waals surface area contributed by atoms with Gasteiger partial charge < -0.3 is 9.88 Å². The van der Waals surface area contributed by atoms with Crippen molar-refractivity contribution in [1.82, 2.24) is 19.7 Å². The lowest BCUT2D eigenvalue weighted by Crippen LogP contribution is -2.27. The summed E-state index contributed by atoms with van der Waals surface area (Å²) in [5.74, 6) is -0.261. The Labute approximate surface area is 174 Å². The van der Waals surface area contributed by atoms with Crippen LogP contribution in [0.2, 0.25) is 0 Å². The van der Waals surface area contributed by atoms with Crippen molar-refractivity contribution in [1.29, 1.82) is 0 Å². The molecule has 1 atom stereocenters. The van der Waals surface area contributed by atoms with E-state index in [9.17, 15) is 18.0 Å². The Kier molecular flexibility index (Phi) is 6.16. The minimum absolute atomic E-state index is 0.0217. The van der Waals surface area contributed by atoms with E-state index in [0.29, 0.717) is 5.69 Å². The Balaban J connectivity index is 1.62. The van der Waals surface area contributed by atoms with Crippen LogP contribution >= 0.6 is 15.9 Å². The molecule has 0 bridgehead atoms. The molecule has 2 aromatic heterocycles. The first kappa shape index (κ1) is 21.2. The fourth-order valence-electron chi connectivity index (χ4n) is 2.99. The molecule has 1 unspecified atom stereocenters. The Hall–Kier alpha value is -2.55. The van der Waals surface area contributed by atoms with Gasteiger partial charge in [-0.05, 0) is 59.6 Å². The molecular weight excluding hydrogens is 449 g/mol. The molecule has 0 spiro atoms. The van der Waals surface area contributed by atoms with E-state index in [1.165, 1.54) is 11.6 Å². The van der Waals surface area contributed by atoms with E-state index in [0.717, 1.165) is 11.3 Å². The number of benzene rings is 1. The van der Waals surface area contributed by atoms with Gasteiger partial charge in [0.15, 0.2) is 5.69 Å². The van der Waals surface area contributed by atoms with Gasteiger partial charge in [-0.2, -0.15) is 18.3 Å². The molecule has 3 aromatic rings. The predicted molar refractivity (Wildman–Crippen MR) is 107 cm³/mol. The number of halogens is 4. The molecule has 5 nitrogen and oxygen atoms in total. The number of aryl methyl sites for hydroxylation is 1. The third-order valence-electron chi connectivity index (χ3n) is 4.60. The summed E-state index contributed by atoms with van der Waals surface area (Å²) in [6.07, 6.45) is -0.658. The van der Waals surface area contributed by atoms with Crippen molar-refractivity contribution < 1.29 is 18.0 Å². The van der Waals surface area contributed by atoms with E-state index in [1.54, 1.807) is 0 Å². The summed E-state index contributed by atoms with van der Waals surface area (Å²) < 4.78 is 41.9. The van der Waals surface area contributed by atoms with Crippen molar-refractivity contribution in [2.24, 2.45) is 0 Å². The van der Waals surface area contributed by atoms with E-state index >= 15 is 0 Å². The number of hydrogen-bond donors (Lipinski definition) is 1. The molecule has 2 heterocycles. The first-order chi connectivity index (χ1) is 13.7. The minimum Gasteiger partial charge on any atom is -0.350 e. The van der Waals surface area contributed by atoms with Crippen molar-refractivity contribution in [2.75, 3.05) is 0 Å². The molecule has 1 aromatic carbocycles. The summed E-state index contributed by atoms with van der Waals surface area (Å²) in [4.78, 5) is 12.3. The monoisotopic (exact) mass is 468 g/mol. The number of alkyl halides is 3. The van der Waals surface area contributed by atoms with Crippen molar-refractivity contribution in [3.8, 4) is 5.69 Å². The molecule has 0 saturated carbocycles. The van der Waals surface area contributed by atoms with Crippen LogP contribution in [0.3, 0.4) is 0 Å². The van der Waals surface area contributed by atoms with E-state index in [2.05, 4.69) is 26.3 Å². The predicted octanol–water partition coefficient (Wildman–Crippen LogP) is 5.03. The molecule has 0 radical (unpaired) electrons. The Bertz CT molecular complexity index is 996. The van der Waals surface area contributed by atoms with Crippen LogP contribution in [0.1, 0.15) is 36.3 Å². The smallest absolute Gasteiger partial charge is 0.350 e. The zero-order chi connectivity index (χ0) is 21.2. The summed E-state index contributed by atoms with van der Waals surface area (Å²) >= 11 is 2.93.